The summed E-state index contributed by atoms with van der Waals surface area (Å²) in [5, 5.41) is 3.57. The highest BCUT2D eigenvalue weighted by molar-refractivity contribution is 5.85. The van der Waals surface area contributed by atoms with Gasteiger partial charge in [0.15, 0.2) is 0 Å². The third-order valence-corrected chi connectivity index (χ3v) is 7.08. The number of aryl methyl sites for hydroxylation is 2. The van der Waals surface area contributed by atoms with Crippen LogP contribution < -0.4 is 5.32 Å². The lowest BCUT2D eigenvalue weighted by atomic mass is 9.92. The number of benzene rings is 3. The van der Waals surface area contributed by atoms with Crippen molar-refractivity contribution in [3.63, 3.8) is 0 Å². The maximum absolute atomic E-state index is 4.21. The van der Waals surface area contributed by atoms with Crippen LogP contribution in [-0.4, -0.2) is 0 Å². The average Bonchev–Trinajstić information content (AvgIpc) is 2.98. The van der Waals surface area contributed by atoms with E-state index in [1.807, 2.05) is 31.2 Å². The summed E-state index contributed by atoms with van der Waals surface area (Å²) < 4.78 is 0. The number of allylic oxidation sites excluding steroid dienone is 11. The summed E-state index contributed by atoms with van der Waals surface area (Å²) in [6, 6.07) is 24.1. The minimum Gasteiger partial charge on any atom is -0.359 e. The summed E-state index contributed by atoms with van der Waals surface area (Å²) >= 11 is 0. The van der Waals surface area contributed by atoms with E-state index in [2.05, 4.69) is 145 Å². The van der Waals surface area contributed by atoms with E-state index in [1.54, 1.807) is 0 Å². The molecule has 0 unspecified atom stereocenters. The van der Waals surface area contributed by atoms with E-state index in [0.29, 0.717) is 0 Å². The minimum absolute atomic E-state index is 0.995. The predicted molar refractivity (Wildman–Crippen MR) is 185 cm³/mol. The van der Waals surface area contributed by atoms with Crippen LogP contribution in [0.15, 0.2) is 127 Å². The second-order valence-corrected chi connectivity index (χ2v) is 10.1. The van der Waals surface area contributed by atoms with Crippen molar-refractivity contribution in [1.82, 2.24) is 0 Å². The lowest BCUT2D eigenvalue weighted by Crippen LogP contribution is -2.00. The van der Waals surface area contributed by atoms with Crippen molar-refractivity contribution < 1.29 is 0 Å². The summed E-state index contributed by atoms with van der Waals surface area (Å²) in [6.45, 7) is 19.2. The molecule has 0 aliphatic heterocycles. The van der Waals surface area contributed by atoms with Crippen molar-refractivity contribution in [2.24, 2.45) is 0 Å². The molecule has 3 rings (SSSR count). The fraction of sp³-hybridized carbons (Fsp3) is 0.200. The summed E-state index contributed by atoms with van der Waals surface area (Å²) in [5.74, 6) is 0. The van der Waals surface area contributed by atoms with Gasteiger partial charge in [-0.1, -0.05) is 105 Å². The topological polar surface area (TPSA) is 12.0 Å². The third-order valence-electron chi connectivity index (χ3n) is 7.08. The van der Waals surface area contributed by atoms with Gasteiger partial charge in [0.05, 0.1) is 0 Å². The molecule has 0 atom stereocenters. The molecule has 1 N–H and O–H groups in total. The first-order valence-electron chi connectivity index (χ1n) is 14.2. The van der Waals surface area contributed by atoms with E-state index in [-0.39, 0.29) is 0 Å². The van der Waals surface area contributed by atoms with Crippen LogP contribution in [0.4, 0.5) is 5.69 Å². The van der Waals surface area contributed by atoms with E-state index in [4.69, 9.17) is 0 Å². The zero-order valence-corrected chi connectivity index (χ0v) is 25.9. The van der Waals surface area contributed by atoms with Gasteiger partial charge in [-0.05, 0) is 116 Å². The Morgan fingerprint density at radius 3 is 2.05 bits per heavy atom. The molecule has 41 heavy (non-hydrogen) atoms. The van der Waals surface area contributed by atoms with Gasteiger partial charge in [-0.2, -0.15) is 0 Å². The largest absolute Gasteiger partial charge is 0.359 e. The van der Waals surface area contributed by atoms with Gasteiger partial charge < -0.3 is 5.32 Å². The molecule has 0 aliphatic carbocycles. The second-order valence-electron chi connectivity index (χ2n) is 10.1. The van der Waals surface area contributed by atoms with Crippen LogP contribution in [0.5, 0.6) is 0 Å². The van der Waals surface area contributed by atoms with Crippen molar-refractivity contribution in [1.29, 1.82) is 0 Å². The van der Waals surface area contributed by atoms with Crippen LogP contribution in [0.25, 0.3) is 22.3 Å². The van der Waals surface area contributed by atoms with Crippen LogP contribution in [-0.2, 0) is 0 Å². The van der Waals surface area contributed by atoms with E-state index in [0.717, 1.165) is 29.0 Å². The zero-order valence-electron chi connectivity index (χ0n) is 25.9. The van der Waals surface area contributed by atoms with Gasteiger partial charge >= 0.3 is 0 Å². The summed E-state index contributed by atoms with van der Waals surface area (Å²) in [5.41, 5.74) is 14.5. The van der Waals surface area contributed by atoms with Crippen molar-refractivity contribution >= 4 is 16.8 Å². The van der Waals surface area contributed by atoms with E-state index >= 15 is 0 Å². The molecule has 0 saturated heterocycles. The number of rotatable bonds is 10. The molecule has 0 fully saturated rings. The van der Waals surface area contributed by atoms with E-state index in [9.17, 15) is 0 Å². The van der Waals surface area contributed by atoms with Crippen LogP contribution in [0.1, 0.15) is 63.3 Å². The Morgan fingerprint density at radius 2 is 1.46 bits per heavy atom. The quantitative estimate of drug-likeness (QED) is 0.199. The first-order valence-corrected chi connectivity index (χ1v) is 14.2. The molecule has 210 valence electrons. The van der Waals surface area contributed by atoms with Crippen LogP contribution in [0.3, 0.4) is 0 Å². The molecule has 1 nitrogen and oxygen atoms in total. The molecular formula is C40H45N. The van der Waals surface area contributed by atoms with Gasteiger partial charge in [0.25, 0.3) is 0 Å². The fourth-order valence-corrected chi connectivity index (χ4v) is 4.65. The summed E-state index contributed by atoms with van der Waals surface area (Å²) in [7, 11) is 0. The minimum atomic E-state index is 0.995. The highest BCUT2D eigenvalue weighted by atomic mass is 14.9. The number of hydrogen-bond acceptors (Lipinski definition) is 1. The molecule has 3 aromatic carbocycles. The number of terminal acetylenes is 1. The lowest BCUT2D eigenvalue weighted by molar-refractivity contribution is 1.23. The van der Waals surface area contributed by atoms with Crippen molar-refractivity contribution in [2.45, 2.75) is 54.9 Å². The second kappa shape index (κ2) is 16.5. The Hall–Kier alpha value is -4.54. The Labute approximate surface area is 249 Å². The molecule has 1 heteroatoms. The van der Waals surface area contributed by atoms with Gasteiger partial charge in [-0.3, -0.25) is 0 Å². The number of hydrogen-bond donors (Lipinski definition) is 1. The van der Waals surface area contributed by atoms with Crippen LogP contribution in [0.2, 0.25) is 0 Å². The van der Waals surface area contributed by atoms with Crippen molar-refractivity contribution in [3.8, 4) is 24.0 Å². The molecule has 0 spiro atoms. The van der Waals surface area contributed by atoms with Crippen LogP contribution >= 0.6 is 0 Å². The maximum atomic E-state index is 4.21. The first-order chi connectivity index (χ1) is 19.7. The number of nitrogens with one attached hydrogen (secondary N) is 1. The molecule has 0 aromatic heterocycles. The predicted octanol–water partition coefficient (Wildman–Crippen LogP) is 11.5. The Kier molecular flexibility index (Phi) is 13.2. The molecule has 0 amide bonds. The van der Waals surface area contributed by atoms with Gasteiger partial charge in [0.2, 0.25) is 0 Å². The monoisotopic (exact) mass is 539 g/mol. The first kappa shape index (κ1) is 32.7. The van der Waals surface area contributed by atoms with Gasteiger partial charge in [0, 0.05) is 11.4 Å². The Balaban J connectivity index is 0.00000287. The normalized spacial score (nSPS) is 12.6. The van der Waals surface area contributed by atoms with Crippen molar-refractivity contribution in [3.05, 3.63) is 149 Å². The average molecular weight is 540 g/mol. The Morgan fingerprint density at radius 1 is 0.829 bits per heavy atom. The molecule has 0 saturated carbocycles. The standard InChI is InChI=1S/C38H43N.C2H2/c1-9-11-13-17-27(3)31(7)32(8)39-36-21-23-38(30(6)26-36)37-22-20-35(25-29(37)5)34(16-10-2)24-28(4)33-18-14-12-15-19-33;1-2/h9,11-26,39H,3,10H2,1-2,4-8H3;1-2H/b11-9-,17-13-,28-24+,32-31-,34-16+;. The highest BCUT2D eigenvalue weighted by Crippen LogP contribution is 2.32. The fourth-order valence-electron chi connectivity index (χ4n) is 4.65. The molecule has 0 heterocycles. The molecule has 0 radical (unpaired) electrons. The highest BCUT2D eigenvalue weighted by Gasteiger charge is 2.10. The number of anilines is 1. The van der Waals surface area contributed by atoms with Crippen molar-refractivity contribution in [2.75, 3.05) is 5.32 Å². The van der Waals surface area contributed by atoms with E-state index < -0.39 is 0 Å². The third kappa shape index (κ3) is 9.26. The van der Waals surface area contributed by atoms with Gasteiger partial charge in [-0.15, -0.1) is 12.8 Å². The smallest absolute Gasteiger partial charge is 0.0384 e. The SMILES string of the molecule is C#C.C=C(/C=C\C=C/C)/C(C)=C(/C)Nc1ccc(-c2ccc(C(/C=C(\C)c3ccccc3)=C/CC)cc2C)c(C)c1. The zero-order chi connectivity index (χ0) is 30.4. The van der Waals surface area contributed by atoms with Gasteiger partial charge in [0.1, 0.15) is 0 Å². The molecule has 0 bridgehead atoms. The van der Waals surface area contributed by atoms with Gasteiger partial charge in [-0.25, -0.2) is 0 Å². The molecule has 0 aliphatic rings. The molecule has 3 aromatic rings. The maximum Gasteiger partial charge on any atom is 0.0384 e. The Bertz CT molecular complexity index is 1500. The summed E-state index contributed by atoms with van der Waals surface area (Å²) in [4.78, 5) is 0. The van der Waals surface area contributed by atoms with Crippen LogP contribution in [0, 0.1) is 26.7 Å². The lowest BCUT2D eigenvalue weighted by Gasteiger charge is -2.16. The molecular weight excluding hydrogens is 494 g/mol. The summed E-state index contributed by atoms with van der Waals surface area (Å²) in [6.07, 6.45) is 21.7. The van der Waals surface area contributed by atoms with E-state index in [1.165, 1.54) is 44.5 Å².